The average Bonchev–Trinajstić information content (AvgIpc) is 2.65. The highest BCUT2D eigenvalue weighted by Crippen LogP contribution is 2.29. The van der Waals surface area contributed by atoms with Crippen LogP contribution in [0.1, 0.15) is 59.3 Å². The van der Waals surface area contributed by atoms with Gasteiger partial charge in [-0.1, -0.05) is 40.0 Å². The minimum Gasteiger partial charge on any atom is -0.382 e. The zero-order valence-electron chi connectivity index (χ0n) is 17.4. The number of unbranched alkanes of at least 4 members (excludes halogenated alkanes) is 3. The van der Waals surface area contributed by atoms with E-state index in [0.717, 1.165) is 38.5 Å². The van der Waals surface area contributed by atoms with Gasteiger partial charge in [-0.25, -0.2) is 0 Å². The van der Waals surface area contributed by atoms with E-state index >= 15 is 0 Å². The van der Waals surface area contributed by atoms with Crippen molar-refractivity contribution in [3.63, 3.8) is 0 Å². The molecule has 0 saturated carbocycles. The third-order valence-corrected chi connectivity index (χ3v) is 4.58. The first-order chi connectivity index (χ1) is 12.7. The molecule has 0 aromatic carbocycles. The molecule has 2 unspecified atom stereocenters. The van der Waals surface area contributed by atoms with Crippen molar-refractivity contribution in [2.75, 3.05) is 40.6 Å². The van der Waals surface area contributed by atoms with Crippen LogP contribution in [0, 0.1) is 0 Å². The van der Waals surface area contributed by atoms with Gasteiger partial charge in [-0.3, -0.25) is 0 Å². The standard InChI is InChI=1S/C20H40O6/c1-6-9-12-23-17-16(15-21-4)26-20(22-5)19(25-14-11-8-3)18(17)24-13-10-7-2/h16-20H,6-15H2,1-5H3/t16?,17-,18+,19?,20+/m1/s1. The molecule has 1 saturated heterocycles. The van der Waals surface area contributed by atoms with Crippen molar-refractivity contribution >= 4 is 0 Å². The molecule has 1 heterocycles. The molecule has 0 aromatic heterocycles. The summed E-state index contributed by atoms with van der Waals surface area (Å²) in [5, 5.41) is 0. The van der Waals surface area contributed by atoms with Gasteiger partial charge in [-0.2, -0.15) is 0 Å². The lowest BCUT2D eigenvalue weighted by Gasteiger charge is -2.45. The van der Waals surface area contributed by atoms with Crippen LogP contribution in [-0.2, 0) is 28.4 Å². The van der Waals surface area contributed by atoms with E-state index in [-0.39, 0.29) is 24.4 Å². The lowest BCUT2D eigenvalue weighted by Crippen LogP contribution is -2.61. The predicted octanol–water partition coefficient (Wildman–Crippen LogP) is 3.56. The Morgan fingerprint density at radius 3 is 1.65 bits per heavy atom. The molecule has 5 atom stereocenters. The fourth-order valence-electron chi connectivity index (χ4n) is 3.03. The molecule has 0 bridgehead atoms. The Labute approximate surface area is 159 Å². The maximum Gasteiger partial charge on any atom is 0.186 e. The Morgan fingerprint density at radius 2 is 1.19 bits per heavy atom. The molecular weight excluding hydrogens is 336 g/mol. The summed E-state index contributed by atoms with van der Waals surface area (Å²) in [4.78, 5) is 0. The molecule has 1 aliphatic heterocycles. The van der Waals surface area contributed by atoms with Gasteiger partial charge in [0.05, 0.1) is 6.61 Å². The molecule has 6 heteroatoms. The lowest BCUT2D eigenvalue weighted by atomic mass is 9.98. The van der Waals surface area contributed by atoms with E-state index in [1.165, 1.54) is 0 Å². The summed E-state index contributed by atoms with van der Waals surface area (Å²) in [6, 6.07) is 0. The van der Waals surface area contributed by atoms with Crippen molar-refractivity contribution < 1.29 is 28.4 Å². The molecule has 26 heavy (non-hydrogen) atoms. The summed E-state index contributed by atoms with van der Waals surface area (Å²) < 4.78 is 35.7. The van der Waals surface area contributed by atoms with Crippen LogP contribution in [0.15, 0.2) is 0 Å². The van der Waals surface area contributed by atoms with Gasteiger partial charge in [0.2, 0.25) is 0 Å². The van der Waals surface area contributed by atoms with Crippen LogP contribution < -0.4 is 0 Å². The van der Waals surface area contributed by atoms with Crippen LogP contribution in [0.4, 0.5) is 0 Å². The molecule has 0 aliphatic carbocycles. The van der Waals surface area contributed by atoms with Crippen molar-refractivity contribution in [2.24, 2.45) is 0 Å². The third-order valence-electron chi connectivity index (χ3n) is 4.58. The minimum absolute atomic E-state index is 0.226. The lowest BCUT2D eigenvalue weighted by molar-refractivity contribution is -0.317. The third kappa shape index (κ3) is 7.79. The molecular formula is C20H40O6. The fourth-order valence-corrected chi connectivity index (χ4v) is 3.03. The van der Waals surface area contributed by atoms with Gasteiger partial charge in [-0.15, -0.1) is 0 Å². The first-order valence-corrected chi connectivity index (χ1v) is 10.2. The highest BCUT2D eigenvalue weighted by Gasteiger charge is 2.48. The molecule has 1 fully saturated rings. The SMILES string of the molecule is CCCCOC1[C@@H](OC)OC(COC)[C@@H](OCCCC)[C@@H]1OCCCC. The maximum atomic E-state index is 6.25. The second-order valence-corrected chi connectivity index (χ2v) is 6.80. The van der Waals surface area contributed by atoms with Gasteiger partial charge in [0, 0.05) is 34.0 Å². The summed E-state index contributed by atoms with van der Waals surface area (Å²) in [5.74, 6) is 0. The molecule has 0 spiro atoms. The zero-order valence-corrected chi connectivity index (χ0v) is 17.4. The number of rotatable bonds is 15. The quantitative estimate of drug-likeness (QED) is 0.407. The minimum atomic E-state index is -0.482. The normalized spacial score (nSPS) is 29.2. The summed E-state index contributed by atoms with van der Waals surface area (Å²) in [5.41, 5.74) is 0. The van der Waals surface area contributed by atoms with Gasteiger partial charge >= 0.3 is 0 Å². The van der Waals surface area contributed by atoms with Crippen LogP contribution in [0.2, 0.25) is 0 Å². The predicted molar refractivity (Wildman–Crippen MR) is 101 cm³/mol. The van der Waals surface area contributed by atoms with Crippen LogP contribution in [0.25, 0.3) is 0 Å². The zero-order chi connectivity index (χ0) is 19.2. The highest BCUT2D eigenvalue weighted by molar-refractivity contribution is 4.93. The van der Waals surface area contributed by atoms with E-state index in [2.05, 4.69) is 20.8 Å². The van der Waals surface area contributed by atoms with Crippen LogP contribution in [0.3, 0.4) is 0 Å². The van der Waals surface area contributed by atoms with Crippen molar-refractivity contribution in [3.8, 4) is 0 Å². The topological polar surface area (TPSA) is 55.4 Å². The van der Waals surface area contributed by atoms with Crippen molar-refractivity contribution in [3.05, 3.63) is 0 Å². The smallest absolute Gasteiger partial charge is 0.186 e. The van der Waals surface area contributed by atoms with Gasteiger partial charge in [0.1, 0.15) is 24.4 Å². The van der Waals surface area contributed by atoms with E-state index in [1.54, 1.807) is 14.2 Å². The maximum absolute atomic E-state index is 6.25. The molecule has 0 N–H and O–H groups in total. The average molecular weight is 377 g/mol. The number of hydrogen-bond donors (Lipinski definition) is 0. The number of ether oxygens (including phenoxy) is 6. The highest BCUT2D eigenvalue weighted by atomic mass is 16.7. The fraction of sp³-hybridized carbons (Fsp3) is 1.00. The van der Waals surface area contributed by atoms with Crippen LogP contribution >= 0.6 is 0 Å². The first-order valence-electron chi connectivity index (χ1n) is 10.2. The van der Waals surface area contributed by atoms with Crippen molar-refractivity contribution in [1.82, 2.24) is 0 Å². The molecule has 1 rings (SSSR count). The van der Waals surface area contributed by atoms with Gasteiger partial charge < -0.3 is 28.4 Å². The Bertz CT molecular complexity index is 327. The molecule has 0 amide bonds. The Morgan fingerprint density at radius 1 is 0.692 bits per heavy atom. The molecule has 1 aliphatic rings. The molecule has 0 radical (unpaired) electrons. The van der Waals surface area contributed by atoms with E-state index in [1.807, 2.05) is 0 Å². The van der Waals surface area contributed by atoms with Crippen molar-refractivity contribution in [1.29, 1.82) is 0 Å². The Balaban J connectivity index is 2.92. The van der Waals surface area contributed by atoms with E-state index in [4.69, 9.17) is 28.4 Å². The van der Waals surface area contributed by atoms with Gasteiger partial charge in [-0.05, 0) is 19.3 Å². The van der Waals surface area contributed by atoms with Crippen LogP contribution in [0.5, 0.6) is 0 Å². The van der Waals surface area contributed by atoms with Crippen LogP contribution in [-0.4, -0.2) is 71.4 Å². The second kappa shape index (κ2) is 14.8. The monoisotopic (exact) mass is 376 g/mol. The number of hydrogen-bond acceptors (Lipinski definition) is 6. The van der Waals surface area contributed by atoms with E-state index < -0.39 is 6.29 Å². The van der Waals surface area contributed by atoms with Gasteiger partial charge in [0.15, 0.2) is 6.29 Å². The summed E-state index contributed by atoms with van der Waals surface area (Å²) >= 11 is 0. The largest absolute Gasteiger partial charge is 0.382 e. The number of methoxy groups -OCH3 is 2. The van der Waals surface area contributed by atoms with E-state index in [9.17, 15) is 0 Å². The Kier molecular flexibility index (Phi) is 13.5. The van der Waals surface area contributed by atoms with Gasteiger partial charge in [0.25, 0.3) is 0 Å². The summed E-state index contributed by atoms with van der Waals surface area (Å²) in [6.07, 6.45) is 4.78. The van der Waals surface area contributed by atoms with E-state index in [0.29, 0.717) is 26.4 Å². The van der Waals surface area contributed by atoms with Crippen molar-refractivity contribution in [2.45, 2.75) is 90.0 Å². The Hall–Kier alpha value is -0.240. The summed E-state index contributed by atoms with van der Waals surface area (Å²) in [6.45, 7) is 8.91. The summed E-state index contributed by atoms with van der Waals surface area (Å²) in [7, 11) is 3.32. The molecule has 0 aromatic rings. The second-order valence-electron chi connectivity index (χ2n) is 6.80. The molecule has 156 valence electrons. The molecule has 6 nitrogen and oxygen atoms in total. The first kappa shape index (κ1) is 23.8.